The zero-order valence-electron chi connectivity index (χ0n) is 15.5. The van der Waals surface area contributed by atoms with Gasteiger partial charge in [0.05, 0.1) is 17.4 Å². The number of hydrogen-bond acceptors (Lipinski definition) is 4. The smallest absolute Gasteiger partial charge is 0.242 e. The van der Waals surface area contributed by atoms with Crippen molar-refractivity contribution in [2.45, 2.75) is 18.9 Å². The number of aromatic nitrogens is 2. The Morgan fingerprint density at radius 2 is 1.82 bits per heavy atom. The van der Waals surface area contributed by atoms with Gasteiger partial charge in [-0.05, 0) is 30.0 Å². The van der Waals surface area contributed by atoms with E-state index in [0.717, 1.165) is 17.5 Å². The highest BCUT2D eigenvalue weighted by molar-refractivity contribution is 7.10. The van der Waals surface area contributed by atoms with Crippen LogP contribution in [0.4, 0.5) is 0 Å². The average Bonchev–Trinajstić information content (AvgIpc) is 3.14. The molecule has 1 aliphatic carbocycles. The van der Waals surface area contributed by atoms with Gasteiger partial charge in [-0.1, -0.05) is 18.2 Å². The van der Waals surface area contributed by atoms with Crippen molar-refractivity contribution in [3.05, 3.63) is 53.0 Å². The lowest BCUT2D eigenvalue weighted by atomic mass is 10.2. The number of fused-ring (bicyclic) bond motifs is 1. The monoisotopic (exact) mass is 394 g/mol. The summed E-state index contributed by atoms with van der Waals surface area (Å²) in [7, 11) is 0. The molecule has 2 fully saturated rings. The summed E-state index contributed by atoms with van der Waals surface area (Å²) in [5, 5.41) is 2.07. The fourth-order valence-electron chi connectivity index (χ4n) is 4.08. The molecule has 3 aromatic rings. The van der Waals surface area contributed by atoms with Gasteiger partial charge < -0.3 is 14.4 Å². The fourth-order valence-corrected chi connectivity index (χ4v) is 4.98. The molecule has 28 heavy (non-hydrogen) atoms. The van der Waals surface area contributed by atoms with Gasteiger partial charge in [-0.25, -0.2) is 4.98 Å². The summed E-state index contributed by atoms with van der Waals surface area (Å²) in [6, 6.07) is 12.0. The standard InChI is InChI=1S/C21H22N4O2S/c26-20(13-25-14-22-17-4-1-2-5-18(17)25)23-7-9-24(10-8-23)21(27)16-12-15(16)19-6-3-11-28-19/h1-6,11,14-16H,7-10,12-13H2/t15-,16-/m0/s1. The van der Waals surface area contributed by atoms with Gasteiger partial charge in [0.25, 0.3) is 0 Å². The number of thiophene rings is 1. The third-order valence-corrected chi connectivity index (χ3v) is 6.80. The van der Waals surface area contributed by atoms with Crippen LogP contribution in [0.2, 0.25) is 0 Å². The predicted molar refractivity (Wildman–Crippen MR) is 108 cm³/mol. The van der Waals surface area contributed by atoms with Crippen LogP contribution in [0.1, 0.15) is 17.2 Å². The summed E-state index contributed by atoms with van der Waals surface area (Å²) in [4.78, 5) is 34.9. The first kappa shape index (κ1) is 17.4. The number of piperazine rings is 1. The molecular formula is C21H22N4O2S. The number of carbonyl (C=O) groups excluding carboxylic acids is 2. The SMILES string of the molecule is O=C(Cn1cnc2ccccc21)N1CCN(C(=O)[C@H]2C[C@@H]2c2cccs2)CC1. The van der Waals surface area contributed by atoms with E-state index in [1.54, 1.807) is 17.7 Å². The lowest BCUT2D eigenvalue weighted by molar-refractivity contribution is -0.140. The second kappa shape index (κ2) is 7.05. The first-order valence-corrected chi connectivity index (χ1v) is 10.6. The Balaban J connectivity index is 1.16. The molecule has 2 aromatic heterocycles. The molecule has 5 rings (SSSR count). The fraction of sp³-hybridized carbons (Fsp3) is 0.381. The lowest BCUT2D eigenvalue weighted by Crippen LogP contribution is -2.51. The molecule has 0 bridgehead atoms. The van der Waals surface area contributed by atoms with Crippen LogP contribution >= 0.6 is 11.3 Å². The van der Waals surface area contributed by atoms with Crippen molar-refractivity contribution >= 4 is 34.2 Å². The van der Waals surface area contributed by atoms with E-state index < -0.39 is 0 Å². The van der Waals surface area contributed by atoms with E-state index in [1.807, 2.05) is 44.7 Å². The average molecular weight is 395 g/mol. The first-order valence-electron chi connectivity index (χ1n) is 9.70. The number of imidazole rings is 1. The Morgan fingerprint density at radius 1 is 1.04 bits per heavy atom. The van der Waals surface area contributed by atoms with Crippen molar-refractivity contribution < 1.29 is 9.59 Å². The highest BCUT2D eigenvalue weighted by Crippen LogP contribution is 2.50. The summed E-state index contributed by atoms with van der Waals surface area (Å²) in [6.45, 7) is 2.75. The summed E-state index contributed by atoms with van der Waals surface area (Å²) in [6.07, 6.45) is 2.69. The molecule has 0 unspecified atom stereocenters. The van der Waals surface area contributed by atoms with Crippen LogP contribution in [-0.2, 0) is 16.1 Å². The van der Waals surface area contributed by atoms with E-state index >= 15 is 0 Å². The van der Waals surface area contributed by atoms with Crippen molar-refractivity contribution in [3.63, 3.8) is 0 Å². The molecule has 144 valence electrons. The van der Waals surface area contributed by atoms with Gasteiger partial charge in [0.2, 0.25) is 11.8 Å². The number of para-hydroxylation sites is 2. The van der Waals surface area contributed by atoms with Crippen LogP contribution in [0.3, 0.4) is 0 Å². The molecule has 0 N–H and O–H groups in total. The molecule has 2 aliphatic rings. The van der Waals surface area contributed by atoms with Crippen LogP contribution in [0.25, 0.3) is 11.0 Å². The molecule has 2 atom stereocenters. The molecule has 0 spiro atoms. The molecule has 2 amide bonds. The van der Waals surface area contributed by atoms with E-state index in [-0.39, 0.29) is 24.3 Å². The first-order chi connectivity index (χ1) is 13.7. The molecule has 6 nitrogen and oxygen atoms in total. The molecule has 1 aliphatic heterocycles. The van der Waals surface area contributed by atoms with Crippen molar-refractivity contribution in [1.29, 1.82) is 0 Å². The van der Waals surface area contributed by atoms with Gasteiger partial charge in [0, 0.05) is 42.9 Å². The van der Waals surface area contributed by atoms with Gasteiger partial charge in [-0.15, -0.1) is 11.3 Å². The van der Waals surface area contributed by atoms with E-state index in [2.05, 4.69) is 16.4 Å². The van der Waals surface area contributed by atoms with Crippen molar-refractivity contribution in [2.24, 2.45) is 5.92 Å². The third-order valence-electron chi connectivity index (χ3n) is 5.79. The second-order valence-electron chi connectivity index (χ2n) is 7.53. The molecular weight excluding hydrogens is 372 g/mol. The van der Waals surface area contributed by atoms with Crippen LogP contribution in [-0.4, -0.2) is 57.3 Å². The Morgan fingerprint density at radius 3 is 2.61 bits per heavy atom. The lowest BCUT2D eigenvalue weighted by Gasteiger charge is -2.35. The van der Waals surface area contributed by atoms with E-state index in [9.17, 15) is 9.59 Å². The molecule has 1 saturated heterocycles. The number of benzene rings is 1. The molecule has 1 aromatic carbocycles. The zero-order chi connectivity index (χ0) is 19.1. The Kier molecular flexibility index (Phi) is 4.39. The van der Waals surface area contributed by atoms with Gasteiger partial charge >= 0.3 is 0 Å². The topological polar surface area (TPSA) is 58.4 Å². The van der Waals surface area contributed by atoms with Gasteiger partial charge in [-0.2, -0.15) is 0 Å². The highest BCUT2D eigenvalue weighted by Gasteiger charge is 2.46. The van der Waals surface area contributed by atoms with Crippen molar-refractivity contribution in [2.75, 3.05) is 26.2 Å². The minimum atomic E-state index is 0.0816. The Hall–Kier alpha value is -2.67. The maximum Gasteiger partial charge on any atom is 0.242 e. The summed E-state index contributed by atoms with van der Waals surface area (Å²) in [5.74, 6) is 0.879. The van der Waals surface area contributed by atoms with Crippen LogP contribution in [0.5, 0.6) is 0 Å². The van der Waals surface area contributed by atoms with Crippen LogP contribution in [0.15, 0.2) is 48.1 Å². The van der Waals surface area contributed by atoms with Gasteiger partial charge in [0.15, 0.2) is 0 Å². The predicted octanol–water partition coefficient (Wildman–Crippen LogP) is 2.57. The summed E-state index contributed by atoms with van der Waals surface area (Å²) >= 11 is 1.74. The maximum atomic E-state index is 12.8. The highest BCUT2D eigenvalue weighted by atomic mass is 32.1. The van der Waals surface area contributed by atoms with Gasteiger partial charge in [-0.3, -0.25) is 9.59 Å². The van der Waals surface area contributed by atoms with E-state index in [0.29, 0.717) is 32.1 Å². The largest absolute Gasteiger partial charge is 0.339 e. The zero-order valence-corrected chi connectivity index (χ0v) is 16.3. The number of nitrogens with zero attached hydrogens (tertiary/aromatic N) is 4. The summed E-state index contributed by atoms with van der Waals surface area (Å²) < 4.78 is 1.89. The quantitative estimate of drug-likeness (QED) is 0.683. The maximum absolute atomic E-state index is 12.8. The number of amides is 2. The molecule has 1 saturated carbocycles. The summed E-state index contributed by atoms with van der Waals surface area (Å²) in [5.41, 5.74) is 1.87. The normalized spacial score (nSPS) is 21.9. The minimum Gasteiger partial charge on any atom is -0.339 e. The van der Waals surface area contributed by atoms with E-state index in [4.69, 9.17) is 0 Å². The number of rotatable bonds is 4. The Labute approximate surface area is 167 Å². The molecule has 7 heteroatoms. The number of carbonyl (C=O) groups is 2. The van der Waals surface area contributed by atoms with Crippen molar-refractivity contribution in [3.8, 4) is 0 Å². The number of hydrogen-bond donors (Lipinski definition) is 0. The van der Waals surface area contributed by atoms with Crippen LogP contribution < -0.4 is 0 Å². The van der Waals surface area contributed by atoms with Crippen molar-refractivity contribution in [1.82, 2.24) is 19.4 Å². The van der Waals surface area contributed by atoms with E-state index in [1.165, 1.54) is 4.88 Å². The van der Waals surface area contributed by atoms with Crippen LogP contribution in [0, 0.1) is 5.92 Å². The third kappa shape index (κ3) is 3.20. The second-order valence-corrected chi connectivity index (χ2v) is 8.51. The minimum absolute atomic E-state index is 0.0816. The van der Waals surface area contributed by atoms with Gasteiger partial charge in [0.1, 0.15) is 6.54 Å². The Bertz CT molecular complexity index is 1000. The molecule has 3 heterocycles. The molecule has 0 radical (unpaired) electrons.